The largest absolute Gasteiger partial charge is 0.366 e. The predicted molar refractivity (Wildman–Crippen MR) is 96.9 cm³/mol. The van der Waals surface area contributed by atoms with Crippen molar-refractivity contribution >= 4 is 29.1 Å². The first kappa shape index (κ1) is 17.0. The van der Waals surface area contributed by atoms with Gasteiger partial charge in [0.2, 0.25) is 0 Å². The molecule has 1 aromatic carbocycles. The zero-order chi connectivity index (χ0) is 15.4. The molecule has 1 heterocycles. The van der Waals surface area contributed by atoms with E-state index in [4.69, 9.17) is 11.6 Å². The number of halogens is 1. The summed E-state index contributed by atoms with van der Waals surface area (Å²) >= 11 is 8.63. The molecular formula is C17H27ClN2S. The Balaban J connectivity index is 2.15. The summed E-state index contributed by atoms with van der Waals surface area (Å²) in [5, 5.41) is 5.05. The Morgan fingerprint density at radius 1 is 1.43 bits per heavy atom. The van der Waals surface area contributed by atoms with Gasteiger partial charge in [-0.3, -0.25) is 0 Å². The number of rotatable bonds is 5. The monoisotopic (exact) mass is 326 g/mol. The van der Waals surface area contributed by atoms with Crippen LogP contribution in [0.15, 0.2) is 18.2 Å². The lowest BCUT2D eigenvalue weighted by atomic mass is 10.1. The van der Waals surface area contributed by atoms with Crippen LogP contribution in [0, 0.1) is 0 Å². The average Bonchev–Trinajstić information content (AvgIpc) is 2.48. The van der Waals surface area contributed by atoms with Crippen molar-refractivity contribution in [2.24, 2.45) is 0 Å². The fourth-order valence-electron chi connectivity index (χ4n) is 2.78. The molecule has 1 saturated heterocycles. The molecule has 118 valence electrons. The number of thioether (sulfide) groups is 1. The van der Waals surface area contributed by atoms with E-state index in [1.807, 2.05) is 0 Å². The number of anilines is 1. The van der Waals surface area contributed by atoms with Gasteiger partial charge >= 0.3 is 0 Å². The highest BCUT2D eigenvalue weighted by Crippen LogP contribution is 2.34. The summed E-state index contributed by atoms with van der Waals surface area (Å²) in [6.45, 7) is 11.1. The third-order valence-corrected chi connectivity index (χ3v) is 6.01. The molecule has 0 saturated carbocycles. The maximum atomic E-state index is 6.58. The summed E-state index contributed by atoms with van der Waals surface area (Å²) in [5.74, 6) is 1.18. The lowest BCUT2D eigenvalue weighted by molar-refractivity contribution is 0.570. The van der Waals surface area contributed by atoms with Crippen LogP contribution in [-0.2, 0) is 0 Å². The zero-order valence-corrected chi connectivity index (χ0v) is 15.1. The third kappa shape index (κ3) is 4.08. The predicted octanol–water partition coefficient (Wildman–Crippen LogP) is 4.73. The van der Waals surface area contributed by atoms with Crippen molar-refractivity contribution in [1.82, 2.24) is 5.32 Å². The van der Waals surface area contributed by atoms with Gasteiger partial charge in [0.1, 0.15) is 0 Å². The Hall–Kier alpha value is -0.380. The molecular weight excluding hydrogens is 300 g/mol. The molecule has 0 aliphatic carbocycles. The van der Waals surface area contributed by atoms with E-state index in [-0.39, 0.29) is 0 Å². The lowest BCUT2D eigenvalue weighted by Gasteiger charge is -2.39. The second-order valence-electron chi connectivity index (χ2n) is 5.90. The van der Waals surface area contributed by atoms with Gasteiger partial charge in [-0.25, -0.2) is 0 Å². The standard InChI is InChI=1S/C17H27ClN2S/c1-5-8-19-12(2)15-6-7-17(16(18)11-15)20-9-10-21-14(4)13(20)3/h6-7,11-14,19H,5,8-10H2,1-4H3. The molecule has 0 amide bonds. The van der Waals surface area contributed by atoms with E-state index in [9.17, 15) is 0 Å². The first-order valence-corrected chi connectivity index (χ1v) is 9.38. The zero-order valence-electron chi connectivity index (χ0n) is 13.5. The smallest absolute Gasteiger partial charge is 0.0643 e. The van der Waals surface area contributed by atoms with Crippen molar-refractivity contribution in [2.75, 3.05) is 23.7 Å². The molecule has 0 bridgehead atoms. The minimum Gasteiger partial charge on any atom is -0.366 e. The Labute approximate surface area is 138 Å². The van der Waals surface area contributed by atoms with Crippen LogP contribution in [0.3, 0.4) is 0 Å². The van der Waals surface area contributed by atoms with Crippen LogP contribution < -0.4 is 10.2 Å². The summed E-state index contributed by atoms with van der Waals surface area (Å²) in [4.78, 5) is 2.46. The first-order chi connectivity index (χ1) is 10.0. The van der Waals surface area contributed by atoms with Gasteiger partial charge in [0, 0.05) is 29.6 Å². The van der Waals surface area contributed by atoms with Crippen molar-refractivity contribution in [3.05, 3.63) is 28.8 Å². The Kier molecular flexibility index (Phi) is 6.27. The molecule has 0 radical (unpaired) electrons. The number of nitrogens with one attached hydrogen (secondary N) is 1. The van der Waals surface area contributed by atoms with Crippen molar-refractivity contribution in [1.29, 1.82) is 0 Å². The van der Waals surface area contributed by atoms with Crippen molar-refractivity contribution in [3.63, 3.8) is 0 Å². The van der Waals surface area contributed by atoms with Gasteiger partial charge in [0.15, 0.2) is 0 Å². The lowest BCUT2D eigenvalue weighted by Crippen LogP contribution is -2.44. The van der Waals surface area contributed by atoms with Gasteiger partial charge in [-0.1, -0.05) is 31.5 Å². The highest BCUT2D eigenvalue weighted by Gasteiger charge is 2.26. The summed E-state index contributed by atoms with van der Waals surface area (Å²) in [6, 6.07) is 7.42. The van der Waals surface area contributed by atoms with Crippen LogP contribution in [0.1, 0.15) is 45.7 Å². The molecule has 21 heavy (non-hydrogen) atoms. The summed E-state index contributed by atoms with van der Waals surface area (Å²) in [6.07, 6.45) is 1.15. The molecule has 3 atom stereocenters. The van der Waals surface area contributed by atoms with Crippen molar-refractivity contribution in [3.8, 4) is 0 Å². The van der Waals surface area contributed by atoms with E-state index >= 15 is 0 Å². The van der Waals surface area contributed by atoms with Crippen LogP contribution in [0.5, 0.6) is 0 Å². The van der Waals surface area contributed by atoms with Gasteiger partial charge in [-0.05, 0) is 44.5 Å². The minimum atomic E-state index is 0.352. The van der Waals surface area contributed by atoms with E-state index in [0.717, 1.165) is 24.5 Å². The second kappa shape index (κ2) is 7.75. The fraction of sp³-hybridized carbons (Fsp3) is 0.647. The van der Waals surface area contributed by atoms with Crippen LogP contribution in [-0.4, -0.2) is 30.1 Å². The Bertz CT molecular complexity index is 466. The highest BCUT2D eigenvalue weighted by atomic mass is 35.5. The molecule has 1 aliphatic heterocycles. The molecule has 3 unspecified atom stereocenters. The molecule has 1 fully saturated rings. The molecule has 2 nitrogen and oxygen atoms in total. The van der Waals surface area contributed by atoms with Crippen LogP contribution in [0.25, 0.3) is 0 Å². The van der Waals surface area contributed by atoms with Gasteiger partial charge in [-0.15, -0.1) is 0 Å². The van der Waals surface area contributed by atoms with Crippen LogP contribution in [0.2, 0.25) is 5.02 Å². The Morgan fingerprint density at radius 3 is 2.86 bits per heavy atom. The molecule has 0 spiro atoms. The maximum Gasteiger partial charge on any atom is 0.0643 e. The average molecular weight is 327 g/mol. The van der Waals surface area contributed by atoms with Crippen molar-refractivity contribution in [2.45, 2.75) is 51.4 Å². The minimum absolute atomic E-state index is 0.352. The van der Waals surface area contributed by atoms with E-state index in [1.165, 1.54) is 17.0 Å². The first-order valence-electron chi connectivity index (χ1n) is 7.95. The van der Waals surface area contributed by atoms with Gasteiger partial charge in [0.05, 0.1) is 10.7 Å². The number of nitrogens with zero attached hydrogens (tertiary/aromatic N) is 1. The number of benzene rings is 1. The quantitative estimate of drug-likeness (QED) is 0.842. The fourth-order valence-corrected chi connectivity index (χ4v) is 4.17. The molecule has 1 aliphatic rings. The normalized spacial score (nSPS) is 24.1. The third-order valence-electron chi connectivity index (χ3n) is 4.37. The highest BCUT2D eigenvalue weighted by molar-refractivity contribution is 8.00. The van der Waals surface area contributed by atoms with Crippen molar-refractivity contribution < 1.29 is 0 Å². The van der Waals surface area contributed by atoms with Gasteiger partial charge < -0.3 is 10.2 Å². The van der Waals surface area contributed by atoms with E-state index in [1.54, 1.807) is 0 Å². The molecule has 0 aromatic heterocycles. The maximum absolute atomic E-state index is 6.58. The molecule has 1 aromatic rings. The second-order valence-corrected chi connectivity index (χ2v) is 7.79. The Morgan fingerprint density at radius 2 is 2.19 bits per heavy atom. The van der Waals surface area contributed by atoms with E-state index in [2.05, 4.69) is 67.9 Å². The number of hydrogen-bond acceptors (Lipinski definition) is 3. The van der Waals surface area contributed by atoms with Gasteiger partial charge in [-0.2, -0.15) is 11.8 Å². The summed E-state index contributed by atoms with van der Waals surface area (Å²) in [5.41, 5.74) is 2.45. The topological polar surface area (TPSA) is 15.3 Å². The summed E-state index contributed by atoms with van der Waals surface area (Å²) < 4.78 is 0. The van der Waals surface area contributed by atoms with Crippen LogP contribution in [0.4, 0.5) is 5.69 Å². The van der Waals surface area contributed by atoms with E-state index in [0.29, 0.717) is 17.3 Å². The van der Waals surface area contributed by atoms with Gasteiger partial charge in [0.25, 0.3) is 0 Å². The molecule has 1 N–H and O–H groups in total. The van der Waals surface area contributed by atoms with E-state index < -0.39 is 0 Å². The molecule has 2 rings (SSSR count). The number of hydrogen-bond donors (Lipinski definition) is 1. The molecule has 4 heteroatoms. The SMILES string of the molecule is CCCNC(C)c1ccc(N2CCSC(C)C2C)c(Cl)c1. The van der Waals surface area contributed by atoms with Crippen LogP contribution >= 0.6 is 23.4 Å². The summed E-state index contributed by atoms with van der Waals surface area (Å²) in [7, 11) is 0.